The Hall–Kier alpha value is -2.54. The minimum atomic E-state index is -0.617. The van der Waals surface area contributed by atoms with Crippen molar-refractivity contribution in [3.63, 3.8) is 0 Å². The molecule has 0 aromatic heterocycles. The maximum absolute atomic E-state index is 12.8. The van der Waals surface area contributed by atoms with E-state index in [0.29, 0.717) is 23.6 Å². The van der Waals surface area contributed by atoms with Gasteiger partial charge in [-0.2, -0.15) is 0 Å². The number of amides is 2. The summed E-state index contributed by atoms with van der Waals surface area (Å²) in [6, 6.07) is 6.44. The molecule has 1 fully saturated rings. The number of esters is 1. The van der Waals surface area contributed by atoms with Gasteiger partial charge < -0.3 is 20.1 Å². The van der Waals surface area contributed by atoms with Crippen molar-refractivity contribution >= 4 is 12.0 Å². The van der Waals surface area contributed by atoms with Crippen molar-refractivity contribution < 1.29 is 19.1 Å². The van der Waals surface area contributed by atoms with E-state index in [9.17, 15) is 9.59 Å². The first kappa shape index (κ1) is 19.2. The Morgan fingerprint density at radius 2 is 1.96 bits per heavy atom. The Bertz CT molecular complexity index is 726. The number of carbonyl (C=O) groups excluding carboxylic acids is 2. The lowest BCUT2D eigenvalue weighted by atomic mass is 9.94. The molecule has 7 heteroatoms. The lowest BCUT2D eigenvalue weighted by Crippen LogP contribution is -2.49. The number of likely N-dealkylation sites (tertiary alicyclic amines) is 1. The highest BCUT2D eigenvalue weighted by Crippen LogP contribution is 2.33. The third kappa shape index (κ3) is 4.42. The fraction of sp³-hybridized carbons (Fsp3) is 0.500. The molecular weight excluding hydrogens is 346 g/mol. The Morgan fingerprint density at radius 1 is 1.22 bits per heavy atom. The van der Waals surface area contributed by atoms with Gasteiger partial charge in [-0.15, -0.1) is 0 Å². The number of nitrogens with one attached hydrogen (secondary N) is 2. The topological polar surface area (TPSA) is 79.9 Å². The summed E-state index contributed by atoms with van der Waals surface area (Å²) in [5, 5.41) is 5.69. The molecule has 1 atom stereocenters. The maximum atomic E-state index is 12.8. The summed E-state index contributed by atoms with van der Waals surface area (Å²) in [5.41, 5.74) is 1.77. The van der Waals surface area contributed by atoms with Gasteiger partial charge in [0.1, 0.15) is 5.75 Å². The Kier molecular flexibility index (Phi) is 6.34. The van der Waals surface area contributed by atoms with Crippen LogP contribution in [0, 0.1) is 0 Å². The smallest absolute Gasteiger partial charge is 0.338 e. The number of piperidine rings is 1. The summed E-state index contributed by atoms with van der Waals surface area (Å²) in [6.45, 7) is 4.49. The number of benzene rings is 1. The molecule has 2 heterocycles. The van der Waals surface area contributed by atoms with E-state index in [1.165, 1.54) is 6.42 Å². The van der Waals surface area contributed by atoms with Crippen LogP contribution in [-0.4, -0.2) is 50.3 Å². The van der Waals surface area contributed by atoms with Gasteiger partial charge in [0.2, 0.25) is 0 Å². The van der Waals surface area contributed by atoms with Crippen molar-refractivity contribution in [2.24, 2.45) is 0 Å². The van der Waals surface area contributed by atoms with Crippen molar-refractivity contribution in [2.45, 2.75) is 32.2 Å². The molecule has 0 spiro atoms. The zero-order chi connectivity index (χ0) is 19.2. The van der Waals surface area contributed by atoms with Gasteiger partial charge in [0.05, 0.1) is 25.3 Å². The third-order valence-electron chi connectivity index (χ3n) is 4.93. The molecule has 2 amide bonds. The number of para-hydroxylation sites is 1. The van der Waals surface area contributed by atoms with Gasteiger partial charge >= 0.3 is 12.0 Å². The van der Waals surface area contributed by atoms with Crippen LogP contribution in [0.25, 0.3) is 0 Å². The second kappa shape index (κ2) is 8.90. The van der Waals surface area contributed by atoms with Gasteiger partial charge in [0.25, 0.3) is 0 Å². The number of carbonyl (C=O) groups is 2. The van der Waals surface area contributed by atoms with E-state index in [0.717, 1.165) is 31.5 Å². The summed E-state index contributed by atoms with van der Waals surface area (Å²) in [7, 11) is 1.57. The summed E-state index contributed by atoms with van der Waals surface area (Å²) in [6.07, 6.45) is 3.48. The first-order valence-corrected chi connectivity index (χ1v) is 9.47. The van der Waals surface area contributed by atoms with Crippen LogP contribution in [0.15, 0.2) is 35.5 Å². The highest BCUT2D eigenvalue weighted by molar-refractivity contribution is 5.95. The molecule has 1 unspecified atom stereocenters. The van der Waals surface area contributed by atoms with E-state index >= 15 is 0 Å². The van der Waals surface area contributed by atoms with Crippen molar-refractivity contribution in [3.8, 4) is 5.75 Å². The second-order valence-corrected chi connectivity index (χ2v) is 6.72. The van der Waals surface area contributed by atoms with Gasteiger partial charge in [-0.05, 0) is 38.9 Å². The second-order valence-electron chi connectivity index (χ2n) is 6.72. The minimum absolute atomic E-state index is 0.270. The summed E-state index contributed by atoms with van der Waals surface area (Å²) in [5.74, 6) is 0.191. The van der Waals surface area contributed by atoms with E-state index < -0.39 is 12.0 Å². The Labute approximate surface area is 159 Å². The molecule has 2 aliphatic rings. The molecule has 2 N–H and O–H groups in total. The van der Waals surface area contributed by atoms with Crippen molar-refractivity contribution in [3.05, 3.63) is 41.1 Å². The van der Waals surface area contributed by atoms with Gasteiger partial charge in [0.15, 0.2) is 0 Å². The molecule has 0 aliphatic carbocycles. The number of hydrogen-bond acceptors (Lipinski definition) is 5. The van der Waals surface area contributed by atoms with Gasteiger partial charge in [-0.1, -0.05) is 24.6 Å². The molecule has 0 radical (unpaired) electrons. The van der Waals surface area contributed by atoms with Crippen LogP contribution in [0.4, 0.5) is 4.79 Å². The van der Waals surface area contributed by atoms with Crippen LogP contribution in [0.2, 0.25) is 0 Å². The van der Waals surface area contributed by atoms with Crippen LogP contribution in [-0.2, 0) is 9.53 Å². The summed E-state index contributed by atoms with van der Waals surface area (Å²) >= 11 is 0. The number of rotatable bonds is 6. The molecule has 7 nitrogen and oxygen atoms in total. The molecule has 27 heavy (non-hydrogen) atoms. The van der Waals surface area contributed by atoms with Gasteiger partial charge in [0, 0.05) is 17.8 Å². The number of hydrogen-bond donors (Lipinski definition) is 2. The third-order valence-corrected chi connectivity index (χ3v) is 4.93. The molecule has 0 bridgehead atoms. The minimum Gasteiger partial charge on any atom is -0.496 e. The standard InChI is InChI=1S/C20H27N3O4/c1-3-27-19(24)17-15(13-23-11-7-4-8-12-23)21-20(25)22-18(17)14-9-5-6-10-16(14)26-2/h5-6,9-10,18H,3-4,7-8,11-13H2,1-2H3,(H2,21,22,25). The van der Waals surface area contributed by atoms with Crippen LogP contribution in [0.1, 0.15) is 37.8 Å². The molecule has 3 rings (SSSR count). The summed E-state index contributed by atoms with van der Waals surface area (Å²) in [4.78, 5) is 27.4. The molecule has 2 aliphatic heterocycles. The Balaban J connectivity index is 2.02. The largest absolute Gasteiger partial charge is 0.496 e. The van der Waals surface area contributed by atoms with E-state index in [2.05, 4.69) is 15.5 Å². The molecule has 146 valence electrons. The highest BCUT2D eigenvalue weighted by atomic mass is 16.5. The zero-order valence-electron chi connectivity index (χ0n) is 15.9. The number of ether oxygens (including phenoxy) is 2. The van der Waals surface area contributed by atoms with E-state index in [4.69, 9.17) is 9.47 Å². The number of methoxy groups -OCH3 is 1. The lowest BCUT2D eigenvalue weighted by molar-refractivity contribution is -0.139. The summed E-state index contributed by atoms with van der Waals surface area (Å²) < 4.78 is 10.8. The van der Waals surface area contributed by atoms with Gasteiger partial charge in [-0.3, -0.25) is 4.90 Å². The van der Waals surface area contributed by atoms with E-state index in [1.54, 1.807) is 14.0 Å². The van der Waals surface area contributed by atoms with Gasteiger partial charge in [-0.25, -0.2) is 9.59 Å². The van der Waals surface area contributed by atoms with E-state index in [-0.39, 0.29) is 12.6 Å². The lowest BCUT2D eigenvalue weighted by Gasteiger charge is -2.33. The fourth-order valence-electron chi connectivity index (χ4n) is 3.67. The molecule has 1 aromatic carbocycles. The number of nitrogens with zero attached hydrogens (tertiary/aromatic N) is 1. The van der Waals surface area contributed by atoms with Crippen LogP contribution < -0.4 is 15.4 Å². The van der Waals surface area contributed by atoms with Crippen LogP contribution in [0.5, 0.6) is 5.75 Å². The first-order valence-electron chi connectivity index (χ1n) is 9.47. The van der Waals surface area contributed by atoms with E-state index in [1.807, 2.05) is 24.3 Å². The fourth-order valence-corrected chi connectivity index (χ4v) is 3.67. The predicted octanol–water partition coefficient (Wildman–Crippen LogP) is 2.35. The normalized spacial score (nSPS) is 20.7. The predicted molar refractivity (Wildman–Crippen MR) is 101 cm³/mol. The van der Waals surface area contributed by atoms with Crippen LogP contribution in [0.3, 0.4) is 0 Å². The van der Waals surface area contributed by atoms with Crippen molar-refractivity contribution in [1.82, 2.24) is 15.5 Å². The monoisotopic (exact) mass is 373 g/mol. The van der Waals surface area contributed by atoms with Crippen molar-refractivity contribution in [1.29, 1.82) is 0 Å². The first-order chi connectivity index (χ1) is 13.1. The van der Waals surface area contributed by atoms with Crippen molar-refractivity contribution in [2.75, 3.05) is 33.4 Å². The Morgan fingerprint density at radius 3 is 2.67 bits per heavy atom. The quantitative estimate of drug-likeness (QED) is 0.749. The highest BCUT2D eigenvalue weighted by Gasteiger charge is 2.35. The van der Waals surface area contributed by atoms with Crippen LogP contribution >= 0.6 is 0 Å². The molecule has 1 aromatic rings. The molecular formula is C20H27N3O4. The average Bonchev–Trinajstić information content (AvgIpc) is 2.68. The SMILES string of the molecule is CCOC(=O)C1=C(CN2CCCCC2)NC(=O)NC1c1ccccc1OC. The molecule has 1 saturated heterocycles. The molecule has 0 saturated carbocycles. The maximum Gasteiger partial charge on any atom is 0.338 e. The zero-order valence-corrected chi connectivity index (χ0v) is 15.9. The number of urea groups is 1. The average molecular weight is 373 g/mol.